The lowest BCUT2D eigenvalue weighted by atomic mass is 9.78. The van der Waals surface area contributed by atoms with E-state index in [1.54, 1.807) is 0 Å². The van der Waals surface area contributed by atoms with Crippen LogP contribution >= 0.6 is 0 Å². The summed E-state index contributed by atoms with van der Waals surface area (Å²) in [7, 11) is 1.31. The minimum Gasteiger partial charge on any atom is -0.469 e. The first kappa shape index (κ1) is 40.3. The number of halogens is 10. The Morgan fingerprint density at radius 1 is 0.894 bits per heavy atom. The summed E-state index contributed by atoms with van der Waals surface area (Å²) in [6, 6.07) is 0. The minimum absolute atomic E-state index is 0.0378. The molecule has 272 valence electrons. The van der Waals surface area contributed by atoms with Crippen LogP contribution < -0.4 is 0 Å². The van der Waals surface area contributed by atoms with Crippen molar-refractivity contribution in [1.82, 2.24) is 0 Å². The summed E-state index contributed by atoms with van der Waals surface area (Å²) >= 11 is 0. The van der Waals surface area contributed by atoms with E-state index in [9.17, 15) is 63.1 Å². The molecule has 2 saturated carbocycles. The Morgan fingerprint density at radius 3 is 1.79 bits per heavy atom. The van der Waals surface area contributed by atoms with Gasteiger partial charge in [-0.05, 0) is 47.0 Å². The largest absolute Gasteiger partial charge is 0.469 e. The zero-order valence-corrected chi connectivity index (χ0v) is 26.2. The maximum Gasteiger partial charge on any atom is 0.431 e. The molecule has 3 fully saturated rings. The fourth-order valence-corrected chi connectivity index (χ4v) is 5.45. The number of carbonyl (C=O) groups excluding carboxylic acids is 4. The van der Waals surface area contributed by atoms with Crippen molar-refractivity contribution in [2.24, 2.45) is 34.5 Å². The molecule has 0 radical (unpaired) electrons. The van der Waals surface area contributed by atoms with Crippen molar-refractivity contribution in [3.8, 4) is 0 Å². The number of methoxy groups -OCH3 is 1. The van der Waals surface area contributed by atoms with Gasteiger partial charge in [-0.3, -0.25) is 19.2 Å². The molecule has 9 nitrogen and oxygen atoms in total. The highest BCUT2D eigenvalue weighted by Crippen LogP contribution is 2.59. The highest BCUT2D eigenvalue weighted by atomic mass is 19.4. The van der Waals surface area contributed by atoms with Gasteiger partial charge in [-0.1, -0.05) is 13.8 Å². The second-order valence-electron chi connectivity index (χ2n) is 12.9. The van der Waals surface area contributed by atoms with E-state index in [0.717, 1.165) is 13.8 Å². The number of rotatable bonds is 10. The molecule has 0 amide bonds. The van der Waals surface area contributed by atoms with Gasteiger partial charge < -0.3 is 24.1 Å². The highest BCUT2D eigenvalue weighted by Gasteiger charge is 2.81. The Hall–Kier alpha value is -2.86. The van der Waals surface area contributed by atoms with Crippen LogP contribution in [-0.2, 0) is 38.1 Å². The number of hydrogen-bond donors (Lipinski definition) is 1. The number of hydrogen-bond acceptors (Lipinski definition) is 9. The van der Waals surface area contributed by atoms with E-state index in [2.05, 4.69) is 4.74 Å². The number of alkyl halides is 10. The second kappa shape index (κ2) is 13.2. The molecule has 0 aromatic heterocycles. The van der Waals surface area contributed by atoms with E-state index < -0.39 is 83.2 Å². The van der Waals surface area contributed by atoms with Crippen LogP contribution in [0.4, 0.5) is 43.9 Å². The van der Waals surface area contributed by atoms with Gasteiger partial charge in [0.1, 0.15) is 12.2 Å². The molecular formula is C28H36F10O9. The number of carbonyl (C=O) groups is 4. The van der Waals surface area contributed by atoms with Crippen LogP contribution in [0, 0.1) is 34.5 Å². The molecule has 19 heteroatoms. The molecule has 0 aromatic carbocycles. The van der Waals surface area contributed by atoms with Gasteiger partial charge in [0.15, 0.2) is 0 Å². The van der Waals surface area contributed by atoms with Crippen LogP contribution in [0.25, 0.3) is 0 Å². The minimum atomic E-state index is -6.86. The van der Waals surface area contributed by atoms with Crippen LogP contribution in [0.15, 0.2) is 0 Å². The maximum atomic E-state index is 13.8. The van der Waals surface area contributed by atoms with Crippen molar-refractivity contribution in [3.05, 3.63) is 0 Å². The molecule has 2 aliphatic carbocycles. The van der Waals surface area contributed by atoms with Gasteiger partial charge in [-0.25, -0.2) is 8.78 Å². The fraction of sp³-hybridized carbons (Fsp3) is 0.857. The van der Waals surface area contributed by atoms with Crippen molar-refractivity contribution < 1.29 is 87.1 Å². The van der Waals surface area contributed by atoms with Gasteiger partial charge in [0, 0.05) is 11.8 Å². The molecule has 3 aliphatic rings. The Labute approximate surface area is 262 Å². The first-order valence-electron chi connectivity index (χ1n) is 14.3. The maximum absolute atomic E-state index is 13.8. The third-order valence-corrected chi connectivity index (χ3v) is 9.24. The average Bonchev–Trinajstić information content (AvgIpc) is 3.57. The summed E-state index contributed by atoms with van der Waals surface area (Å²) < 4.78 is 148. The van der Waals surface area contributed by atoms with Gasteiger partial charge in [-0.15, -0.1) is 0 Å². The third kappa shape index (κ3) is 7.14. The SMILES string of the molecule is CCC(C)(C)C(=O)OC(C(F)(F)F)C(F)(F)C(O)(C(F)F)C(F)(F)F.CCC(C)(C)C(=O)OC1C2CC3C1OC(=O)C3C2C(=O)OC. The zero-order valence-electron chi connectivity index (χ0n) is 26.2. The molecule has 8 atom stereocenters. The van der Waals surface area contributed by atoms with E-state index >= 15 is 0 Å². The van der Waals surface area contributed by atoms with Crippen LogP contribution in [0.3, 0.4) is 0 Å². The molecule has 0 aromatic rings. The summed E-state index contributed by atoms with van der Waals surface area (Å²) in [5.41, 5.74) is -8.82. The Bertz CT molecular complexity index is 1200. The van der Waals surface area contributed by atoms with Gasteiger partial charge in [-0.2, -0.15) is 35.1 Å². The first-order chi connectivity index (χ1) is 21.1. The Kier molecular flexibility index (Phi) is 11.3. The first-order valence-corrected chi connectivity index (χ1v) is 14.3. The summed E-state index contributed by atoms with van der Waals surface area (Å²) in [6.07, 6.45) is -23.4. The van der Waals surface area contributed by atoms with Crippen molar-refractivity contribution in [3.63, 3.8) is 0 Å². The zero-order chi connectivity index (χ0) is 36.9. The Morgan fingerprint density at radius 2 is 1.38 bits per heavy atom. The summed E-state index contributed by atoms with van der Waals surface area (Å²) in [6.45, 7) is 8.67. The summed E-state index contributed by atoms with van der Waals surface area (Å²) in [5.74, 6) is -10.9. The number of aliphatic hydroxyl groups is 1. The van der Waals surface area contributed by atoms with Crippen LogP contribution in [0.2, 0.25) is 0 Å². The lowest BCUT2D eigenvalue weighted by Crippen LogP contribution is -2.70. The molecule has 2 bridgehead atoms. The lowest BCUT2D eigenvalue weighted by molar-refractivity contribution is -0.401. The summed E-state index contributed by atoms with van der Waals surface area (Å²) in [4.78, 5) is 48.0. The molecule has 3 rings (SSSR count). The van der Waals surface area contributed by atoms with Crippen LogP contribution in [0.1, 0.15) is 60.8 Å². The molecule has 0 spiro atoms. The highest BCUT2D eigenvalue weighted by molar-refractivity contribution is 5.86. The molecular weight excluding hydrogens is 670 g/mol. The number of esters is 4. The third-order valence-electron chi connectivity index (χ3n) is 9.24. The standard InChI is InChI=1S/C16H22O6.C12H14F10O3/c1-5-16(2,3)15(19)22-12-7-6-8-10(9(7)13(17)20-4)14(18)21-11(8)12;1-4-8(2,3)7(23)25-5(11(17,18)19)10(15,16)9(24,6(13)14)12(20,21)22/h7-12H,5-6H2,1-4H3;5-6,24H,4H2,1-3H3. The van der Waals surface area contributed by atoms with Crippen LogP contribution in [-0.4, -0.2) is 84.7 Å². The van der Waals surface area contributed by atoms with E-state index in [0.29, 0.717) is 12.8 Å². The molecule has 8 unspecified atom stereocenters. The molecule has 1 saturated heterocycles. The summed E-state index contributed by atoms with van der Waals surface area (Å²) in [5, 5.41) is 8.74. The van der Waals surface area contributed by atoms with Gasteiger partial charge in [0.05, 0.1) is 29.8 Å². The number of fused-ring (bicyclic) bond motifs is 1. The normalized spacial score (nSPS) is 27.8. The van der Waals surface area contributed by atoms with E-state index in [1.165, 1.54) is 14.0 Å². The van der Waals surface area contributed by atoms with Gasteiger partial charge >= 0.3 is 42.2 Å². The van der Waals surface area contributed by atoms with Crippen molar-refractivity contribution in [2.75, 3.05) is 7.11 Å². The van der Waals surface area contributed by atoms with E-state index in [-0.39, 0.29) is 30.2 Å². The predicted octanol–water partition coefficient (Wildman–Crippen LogP) is 5.41. The van der Waals surface area contributed by atoms with Crippen molar-refractivity contribution in [2.45, 2.75) is 109 Å². The van der Waals surface area contributed by atoms with E-state index in [1.807, 2.05) is 20.8 Å². The quantitative estimate of drug-likeness (QED) is 0.181. The molecule has 47 heavy (non-hydrogen) atoms. The predicted molar refractivity (Wildman–Crippen MR) is 136 cm³/mol. The van der Waals surface area contributed by atoms with E-state index in [4.69, 9.17) is 19.3 Å². The fourth-order valence-electron chi connectivity index (χ4n) is 5.45. The van der Waals surface area contributed by atoms with Crippen LogP contribution in [0.5, 0.6) is 0 Å². The average molecular weight is 707 g/mol. The lowest BCUT2D eigenvalue weighted by Gasteiger charge is -2.40. The molecule has 1 heterocycles. The smallest absolute Gasteiger partial charge is 0.431 e. The van der Waals surface area contributed by atoms with Crippen molar-refractivity contribution >= 4 is 23.9 Å². The Balaban J connectivity index is 0.000000328. The van der Waals surface area contributed by atoms with Gasteiger partial charge in [0.2, 0.25) is 0 Å². The monoisotopic (exact) mass is 706 g/mol. The van der Waals surface area contributed by atoms with Crippen molar-refractivity contribution in [1.29, 1.82) is 0 Å². The topological polar surface area (TPSA) is 125 Å². The number of ether oxygens (including phenoxy) is 4. The molecule has 1 N–H and O–H groups in total. The molecule has 1 aliphatic heterocycles. The second-order valence-corrected chi connectivity index (χ2v) is 12.9. The van der Waals surface area contributed by atoms with Gasteiger partial charge in [0.25, 0.3) is 18.1 Å².